The van der Waals surface area contributed by atoms with Crippen LogP contribution in [0.1, 0.15) is 20.8 Å². The maximum absolute atomic E-state index is 9.88. The fraction of sp³-hybridized carbons (Fsp3) is 1.00. The standard InChI is InChI=1S/C9H21NOS/c1-5-10(6-2)7-9(3,11)8-12-4/h11H,5-8H2,1-4H3. The van der Waals surface area contributed by atoms with Crippen LogP contribution in [0.4, 0.5) is 0 Å². The lowest BCUT2D eigenvalue weighted by Gasteiger charge is -2.29. The first-order valence-corrected chi connectivity index (χ1v) is 5.88. The maximum atomic E-state index is 9.88. The fourth-order valence-electron chi connectivity index (χ4n) is 1.29. The van der Waals surface area contributed by atoms with Crippen molar-refractivity contribution < 1.29 is 5.11 Å². The van der Waals surface area contributed by atoms with Gasteiger partial charge in [-0.3, -0.25) is 0 Å². The number of likely N-dealkylation sites (N-methyl/N-ethyl adjacent to an activating group) is 1. The first-order valence-electron chi connectivity index (χ1n) is 4.49. The second-order valence-electron chi connectivity index (χ2n) is 3.39. The molecule has 74 valence electrons. The lowest BCUT2D eigenvalue weighted by atomic mass is 10.1. The van der Waals surface area contributed by atoms with Crippen molar-refractivity contribution in [2.24, 2.45) is 0 Å². The van der Waals surface area contributed by atoms with E-state index < -0.39 is 5.60 Å². The molecule has 0 amide bonds. The normalized spacial score (nSPS) is 16.5. The van der Waals surface area contributed by atoms with Crippen molar-refractivity contribution in [2.75, 3.05) is 31.6 Å². The van der Waals surface area contributed by atoms with E-state index in [9.17, 15) is 5.11 Å². The average molecular weight is 191 g/mol. The minimum Gasteiger partial charge on any atom is -0.388 e. The first kappa shape index (κ1) is 12.3. The number of hydrogen-bond donors (Lipinski definition) is 1. The molecule has 0 aliphatic rings. The van der Waals surface area contributed by atoms with Crippen molar-refractivity contribution in [3.63, 3.8) is 0 Å². The van der Waals surface area contributed by atoms with Crippen LogP contribution in [0, 0.1) is 0 Å². The molecule has 0 saturated heterocycles. The van der Waals surface area contributed by atoms with Crippen LogP contribution < -0.4 is 0 Å². The SMILES string of the molecule is CCN(CC)CC(C)(O)CSC. The van der Waals surface area contributed by atoms with E-state index in [0.717, 1.165) is 25.4 Å². The Balaban J connectivity index is 3.84. The summed E-state index contributed by atoms with van der Waals surface area (Å²) in [5.74, 6) is 0.809. The van der Waals surface area contributed by atoms with Gasteiger partial charge < -0.3 is 10.0 Å². The predicted octanol–water partition coefficient (Wildman–Crippen LogP) is 1.44. The van der Waals surface area contributed by atoms with Crippen LogP contribution in [0.2, 0.25) is 0 Å². The zero-order valence-corrected chi connectivity index (χ0v) is 9.45. The van der Waals surface area contributed by atoms with E-state index in [2.05, 4.69) is 18.7 Å². The summed E-state index contributed by atoms with van der Waals surface area (Å²) in [6, 6.07) is 0. The molecule has 1 atom stereocenters. The van der Waals surface area contributed by atoms with Crippen LogP contribution in [0.3, 0.4) is 0 Å². The number of aliphatic hydroxyl groups is 1. The van der Waals surface area contributed by atoms with Gasteiger partial charge in [0.1, 0.15) is 0 Å². The molecule has 0 spiro atoms. The third-order valence-corrected chi connectivity index (χ3v) is 2.82. The quantitative estimate of drug-likeness (QED) is 0.687. The van der Waals surface area contributed by atoms with Gasteiger partial charge in [-0.15, -0.1) is 0 Å². The number of rotatable bonds is 6. The van der Waals surface area contributed by atoms with E-state index in [0.29, 0.717) is 0 Å². The fourth-order valence-corrected chi connectivity index (χ4v) is 2.00. The van der Waals surface area contributed by atoms with Gasteiger partial charge in [0.2, 0.25) is 0 Å². The Hall–Kier alpha value is 0.270. The Morgan fingerprint density at radius 3 is 2.17 bits per heavy atom. The number of hydrogen-bond acceptors (Lipinski definition) is 3. The third-order valence-electron chi connectivity index (χ3n) is 1.91. The molecule has 1 N–H and O–H groups in total. The van der Waals surface area contributed by atoms with Crippen molar-refractivity contribution >= 4 is 11.8 Å². The largest absolute Gasteiger partial charge is 0.388 e. The third kappa shape index (κ3) is 5.01. The van der Waals surface area contributed by atoms with Gasteiger partial charge >= 0.3 is 0 Å². The molecule has 0 saturated carbocycles. The monoisotopic (exact) mass is 191 g/mol. The van der Waals surface area contributed by atoms with Crippen molar-refractivity contribution in [1.29, 1.82) is 0 Å². The van der Waals surface area contributed by atoms with Gasteiger partial charge in [-0.05, 0) is 26.3 Å². The molecule has 0 bridgehead atoms. The van der Waals surface area contributed by atoms with Gasteiger partial charge in [0.05, 0.1) is 5.60 Å². The molecule has 0 aromatic rings. The molecule has 0 aromatic heterocycles. The van der Waals surface area contributed by atoms with Crippen LogP contribution in [-0.2, 0) is 0 Å². The molecular formula is C9H21NOS. The highest BCUT2D eigenvalue weighted by molar-refractivity contribution is 7.98. The number of nitrogens with zero attached hydrogens (tertiary/aromatic N) is 1. The Morgan fingerprint density at radius 2 is 1.83 bits per heavy atom. The molecule has 0 fully saturated rings. The summed E-state index contributed by atoms with van der Waals surface area (Å²) in [5, 5.41) is 9.88. The number of thioether (sulfide) groups is 1. The van der Waals surface area contributed by atoms with E-state index in [4.69, 9.17) is 0 Å². The lowest BCUT2D eigenvalue weighted by molar-refractivity contribution is 0.0440. The molecule has 1 unspecified atom stereocenters. The van der Waals surface area contributed by atoms with Crippen molar-refractivity contribution in [2.45, 2.75) is 26.4 Å². The van der Waals surface area contributed by atoms with E-state index >= 15 is 0 Å². The highest BCUT2D eigenvalue weighted by Gasteiger charge is 2.21. The van der Waals surface area contributed by atoms with Gasteiger partial charge in [0.25, 0.3) is 0 Å². The van der Waals surface area contributed by atoms with Crippen LogP contribution >= 0.6 is 11.8 Å². The zero-order valence-electron chi connectivity index (χ0n) is 8.63. The van der Waals surface area contributed by atoms with Gasteiger partial charge in [0, 0.05) is 12.3 Å². The lowest BCUT2D eigenvalue weighted by Crippen LogP contribution is -2.42. The predicted molar refractivity (Wildman–Crippen MR) is 56.8 cm³/mol. The summed E-state index contributed by atoms with van der Waals surface area (Å²) in [7, 11) is 0. The van der Waals surface area contributed by atoms with Crippen LogP contribution in [-0.4, -0.2) is 47.3 Å². The summed E-state index contributed by atoms with van der Waals surface area (Å²) in [6.45, 7) is 8.96. The minimum absolute atomic E-state index is 0.536. The molecule has 0 aliphatic heterocycles. The minimum atomic E-state index is -0.536. The highest BCUT2D eigenvalue weighted by atomic mass is 32.2. The molecule has 0 aromatic carbocycles. The molecule has 0 radical (unpaired) electrons. The highest BCUT2D eigenvalue weighted by Crippen LogP contribution is 2.12. The van der Waals surface area contributed by atoms with Gasteiger partial charge in [-0.1, -0.05) is 13.8 Å². The van der Waals surface area contributed by atoms with E-state index in [-0.39, 0.29) is 0 Å². The van der Waals surface area contributed by atoms with Gasteiger partial charge in [0.15, 0.2) is 0 Å². The topological polar surface area (TPSA) is 23.5 Å². The van der Waals surface area contributed by atoms with E-state index in [1.807, 2.05) is 13.2 Å². The van der Waals surface area contributed by atoms with Gasteiger partial charge in [-0.25, -0.2) is 0 Å². The summed E-state index contributed by atoms with van der Waals surface area (Å²) in [4.78, 5) is 2.25. The van der Waals surface area contributed by atoms with Crippen LogP contribution in [0.5, 0.6) is 0 Å². The van der Waals surface area contributed by atoms with Crippen molar-refractivity contribution in [3.8, 4) is 0 Å². The van der Waals surface area contributed by atoms with Crippen LogP contribution in [0.25, 0.3) is 0 Å². The average Bonchev–Trinajstić information content (AvgIpc) is 2.00. The van der Waals surface area contributed by atoms with Crippen molar-refractivity contribution in [1.82, 2.24) is 4.90 Å². The first-order chi connectivity index (χ1) is 5.55. The molecule has 0 aliphatic carbocycles. The zero-order chi connectivity index (χ0) is 9.61. The van der Waals surface area contributed by atoms with Crippen molar-refractivity contribution in [3.05, 3.63) is 0 Å². The molecule has 12 heavy (non-hydrogen) atoms. The van der Waals surface area contributed by atoms with Crippen LogP contribution in [0.15, 0.2) is 0 Å². The smallest absolute Gasteiger partial charge is 0.0835 e. The summed E-state index contributed by atoms with van der Waals surface area (Å²) in [6.07, 6.45) is 2.02. The second-order valence-corrected chi connectivity index (χ2v) is 4.26. The van der Waals surface area contributed by atoms with Gasteiger partial charge in [-0.2, -0.15) is 11.8 Å². The molecular weight excluding hydrogens is 170 g/mol. The molecule has 2 nitrogen and oxygen atoms in total. The molecule has 3 heteroatoms. The Kier molecular flexibility index (Phi) is 5.97. The molecule has 0 heterocycles. The molecule has 0 rings (SSSR count). The Bertz CT molecular complexity index is 113. The Labute approximate surface area is 80.3 Å². The van der Waals surface area contributed by atoms with E-state index in [1.165, 1.54) is 0 Å². The van der Waals surface area contributed by atoms with E-state index in [1.54, 1.807) is 11.8 Å². The Morgan fingerprint density at radius 1 is 1.33 bits per heavy atom. The second kappa shape index (κ2) is 5.84. The summed E-state index contributed by atoms with van der Waals surface area (Å²) in [5.41, 5.74) is -0.536. The summed E-state index contributed by atoms with van der Waals surface area (Å²) >= 11 is 1.69. The maximum Gasteiger partial charge on any atom is 0.0835 e. The summed E-state index contributed by atoms with van der Waals surface area (Å²) < 4.78 is 0.